The van der Waals surface area contributed by atoms with Crippen LogP contribution in [0.5, 0.6) is 0 Å². The van der Waals surface area contributed by atoms with Crippen LogP contribution in [0, 0.1) is 20.8 Å². The van der Waals surface area contributed by atoms with E-state index < -0.39 is 0 Å². The van der Waals surface area contributed by atoms with E-state index in [2.05, 4.69) is 59.8 Å². The monoisotopic (exact) mass is 275 g/mol. The first-order chi connectivity index (χ1) is 9.23. The molecule has 0 saturated carbocycles. The van der Waals surface area contributed by atoms with Crippen molar-refractivity contribution in [3.63, 3.8) is 0 Å². The summed E-state index contributed by atoms with van der Waals surface area (Å²) in [5, 5.41) is 0. The van der Waals surface area contributed by atoms with E-state index in [4.69, 9.17) is 5.73 Å². The fraction of sp³-hybridized carbons (Fsp3) is 0.474. The van der Waals surface area contributed by atoms with Crippen LogP contribution in [-0.2, 0) is 0 Å². The topological polar surface area (TPSA) is 26.0 Å². The van der Waals surface area contributed by atoms with Gasteiger partial charge in [0.25, 0.3) is 0 Å². The molecule has 0 radical (unpaired) electrons. The van der Waals surface area contributed by atoms with Crippen molar-refractivity contribution < 1.29 is 0 Å². The quantitative estimate of drug-likeness (QED) is 0.483. The third-order valence-corrected chi connectivity index (χ3v) is 2.60. The van der Waals surface area contributed by atoms with Gasteiger partial charge in [0.15, 0.2) is 0 Å². The minimum Gasteiger partial charge on any atom is -0.398 e. The predicted octanol–water partition coefficient (Wildman–Crippen LogP) is 6.14. The second-order valence-corrected chi connectivity index (χ2v) is 5.28. The van der Waals surface area contributed by atoms with Crippen molar-refractivity contribution >= 4 is 5.69 Å². The van der Waals surface area contributed by atoms with Crippen LogP contribution in [0.1, 0.15) is 58.2 Å². The van der Waals surface area contributed by atoms with E-state index in [0.29, 0.717) is 0 Å². The summed E-state index contributed by atoms with van der Waals surface area (Å²) in [5.41, 5.74) is 13.0. The van der Waals surface area contributed by atoms with Gasteiger partial charge < -0.3 is 5.73 Å². The molecule has 0 aromatic heterocycles. The molecule has 0 heterocycles. The SMILES string of the molecule is CC.CC(C)=CC=C(C)C.Cc1cc(C)c(C)c(N)c1. The molecular formula is C19H33N. The van der Waals surface area contributed by atoms with E-state index in [0.717, 1.165) is 5.69 Å². The summed E-state index contributed by atoms with van der Waals surface area (Å²) in [6, 6.07) is 4.15. The molecule has 0 spiro atoms. The van der Waals surface area contributed by atoms with Crippen molar-refractivity contribution in [3.8, 4) is 0 Å². The molecule has 0 amide bonds. The Bertz CT molecular complexity index is 404. The van der Waals surface area contributed by atoms with E-state index in [1.165, 1.54) is 27.8 Å². The van der Waals surface area contributed by atoms with Gasteiger partial charge in [-0.1, -0.05) is 43.2 Å². The van der Waals surface area contributed by atoms with Gasteiger partial charge in [0.05, 0.1) is 0 Å². The third kappa shape index (κ3) is 10.4. The van der Waals surface area contributed by atoms with Gasteiger partial charge in [-0.25, -0.2) is 0 Å². The number of allylic oxidation sites excluding steroid dienone is 4. The Labute approximate surface area is 126 Å². The zero-order valence-corrected chi connectivity index (χ0v) is 14.9. The molecule has 0 saturated heterocycles. The highest BCUT2D eigenvalue weighted by molar-refractivity contribution is 5.51. The van der Waals surface area contributed by atoms with Gasteiger partial charge in [0, 0.05) is 5.69 Å². The van der Waals surface area contributed by atoms with Gasteiger partial charge in [0.2, 0.25) is 0 Å². The highest BCUT2D eigenvalue weighted by atomic mass is 14.6. The van der Waals surface area contributed by atoms with Crippen molar-refractivity contribution in [1.82, 2.24) is 0 Å². The maximum atomic E-state index is 5.72. The molecule has 20 heavy (non-hydrogen) atoms. The smallest absolute Gasteiger partial charge is 0.0349 e. The number of rotatable bonds is 1. The van der Waals surface area contributed by atoms with Crippen LogP contribution in [0.4, 0.5) is 5.69 Å². The molecule has 0 aliphatic heterocycles. The third-order valence-electron chi connectivity index (χ3n) is 2.60. The maximum Gasteiger partial charge on any atom is 0.0349 e. The maximum absolute atomic E-state index is 5.72. The van der Waals surface area contributed by atoms with Gasteiger partial charge >= 0.3 is 0 Å². The molecule has 0 bridgehead atoms. The number of hydrogen-bond donors (Lipinski definition) is 1. The molecule has 0 unspecified atom stereocenters. The number of hydrogen-bond acceptors (Lipinski definition) is 1. The average Bonchev–Trinajstić information content (AvgIpc) is 2.36. The standard InChI is InChI=1S/C9H13N.C8H14.C2H6/c1-6-4-7(2)8(3)9(10)5-6;1-7(2)5-6-8(3)4;1-2/h4-5H,10H2,1-3H3;5-6H,1-4H3;1-2H3. The molecule has 114 valence electrons. The number of benzene rings is 1. The first kappa shape index (κ1) is 20.8. The molecule has 1 aromatic carbocycles. The Balaban J connectivity index is 0. The van der Waals surface area contributed by atoms with Gasteiger partial charge in [-0.15, -0.1) is 0 Å². The largest absolute Gasteiger partial charge is 0.398 e. The van der Waals surface area contributed by atoms with Crippen LogP contribution >= 0.6 is 0 Å². The van der Waals surface area contributed by atoms with Gasteiger partial charge in [0.1, 0.15) is 0 Å². The lowest BCUT2D eigenvalue weighted by Gasteiger charge is -2.04. The van der Waals surface area contributed by atoms with E-state index >= 15 is 0 Å². The summed E-state index contributed by atoms with van der Waals surface area (Å²) in [7, 11) is 0. The molecule has 1 nitrogen and oxygen atoms in total. The number of aryl methyl sites for hydroxylation is 2. The van der Waals surface area contributed by atoms with Crippen molar-refractivity contribution in [2.75, 3.05) is 5.73 Å². The Hall–Kier alpha value is -1.50. The van der Waals surface area contributed by atoms with Crippen LogP contribution in [0.3, 0.4) is 0 Å². The van der Waals surface area contributed by atoms with Crippen molar-refractivity contribution in [2.45, 2.75) is 62.3 Å². The Morgan fingerprint density at radius 2 is 1.25 bits per heavy atom. The predicted molar refractivity (Wildman–Crippen MR) is 95.3 cm³/mol. The summed E-state index contributed by atoms with van der Waals surface area (Å²) in [6.07, 6.45) is 4.24. The lowest BCUT2D eigenvalue weighted by atomic mass is 10.1. The molecule has 1 aromatic rings. The van der Waals surface area contributed by atoms with Gasteiger partial charge in [-0.2, -0.15) is 0 Å². The van der Waals surface area contributed by atoms with Crippen molar-refractivity contribution in [1.29, 1.82) is 0 Å². The average molecular weight is 275 g/mol. The lowest BCUT2D eigenvalue weighted by Crippen LogP contribution is -1.92. The van der Waals surface area contributed by atoms with E-state index in [1.54, 1.807) is 0 Å². The molecule has 0 fully saturated rings. The van der Waals surface area contributed by atoms with Gasteiger partial charge in [-0.3, -0.25) is 0 Å². The molecule has 0 aliphatic carbocycles. The fourth-order valence-corrected chi connectivity index (χ4v) is 1.41. The number of nitrogens with two attached hydrogens (primary N) is 1. The summed E-state index contributed by atoms with van der Waals surface area (Å²) in [4.78, 5) is 0. The minimum absolute atomic E-state index is 0.900. The van der Waals surface area contributed by atoms with Crippen LogP contribution in [0.2, 0.25) is 0 Å². The van der Waals surface area contributed by atoms with Crippen LogP contribution < -0.4 is 5.73 Å². The Morgan fingerprint density at radius 1 is 0.850 bits per heavy atom. The first-order valence-electron chi connectivity index (χ1n) is 7.35. The fourth-order valence-electron chi connectivity index (χ4n) is 1.41. The second-order valence-electron chi connectivity index (χ2n) is 5.28. The highest BCUT2D eigenvalue weighted by Crippen LogP contribution is 2.16. The van der Waals surface area contributed by atoms with Crippen LogP contribution in [0.15, 0.2) is 35.4 Å². The molecule has 0 aliphatic rings. The Kier molecular flexibility index (Phi) is 11.8. The van der Waals surface area contributed by atoms with Gasteiger partial charge in [-0.05, 0) is 71.2 Å². The molecule has 1 rings (SSSR count). The number of nitrogen functional groups attached to an aromatic ring is 1. The molecule has 2 N–H and O–H groups in total. The molecule has 1 heteroatoms. The second kappa shape index (κ2) is 11.3. The summed E-state index contributed by atoms with van der Waals surface area (Å²) >= 11 is 0. The van der Waals surface area contributed by atoms with Crippen molar-refractivity contribution in [2.24, 2.45) is 0 Å². The number of anilines is 1. The highest BCUT2D eigenvalue weighted by Gasteiger charge is 1.96. The Morgan fingerprint density at radius 3 is 1.55 bits per heavy atom. The zero-order chi connectivity index (χ0) is 16.3. The summed E-state index contributed by atoms with van der Waals surface area (Å²) < 4.78 is 0. The zero-order valence-electron chi connectivity index (χ0n) is 14.9. The summed E-state index contributed by atoms with van der Waals surface area (Å²) in [6.45, 7) is 18.6. The van der Waals surface area contributed by atoms with Crippen LogP contribution in [-0.4, -0.2) is 0 Å². The summed E-state index contributed by atoms with van der Waals surface area (Å²) in [5.74, 6) is 0. The first-order valence-corrected chi connectivity index (χ1v) is 7.35. The van der Waals surface area contributed by atoms with Crippen molar-refractivity contribution in [3.05, 3.63) is 52.1 Å². The minimum atomic E-state index is 0.900. The van der Waals surface area contributed by atoms with Crippen LogP contribution in [0.25, 0.3) is 0 Å². The lowest BCUT2D eigenvalue weighted by molar-refractivity contribution is 1.30. The van der Waals surface area contributed by atoms with E-state index in [1.807, 2.05) is 26.8 Å². The normalized spacial score (nSPS) is 8.45. The van der Waals surface area contributed by atoms with E-state index in [9.17, 15) is 0 Å². The van der Waals surface area contributed by atoms with E-state index in [-0.39, 0.29) is 0 Å². The molecule has 0 atom stereocenters. The molecular weight excluding hydrogens is 242 g/mol.